The van der Waals surface area contributed by atoms with Crippen LogP contribution in [0.3, 0.4) is 0 Å². The van der Waals surface area contributed by atoms with Gasteiger partial charge in [-0.3, -0.25) is 9.59 Å². The number of nitrogens with zero attached hydrogens (tertiary/aromatic N) is 1. The number of aromatic amines is 2. The van der Waals surface area contributed by atoms with Gasteiger partial charge < -0.3 is 14.9 Å². The fourth-order valence-electron chi connectivity index (χ4n) is 2.62. The first-order chi connectivity index (χ1) is 12.5. The van der Waals surface area contributed by atoms with E-state index < -0.39 is 0 Å². The van der Waals surface area contributed by atoms with E-state index in [4.69, 9.17) is 0 Å². The Balaban J connectivity index is 0.000000152. The standard InChI is InChI=1S/C11H12N2O.C9H6FNO/c1-13(2)9-3-4-10-8(7-9)5-6-12-11(10)14;10-7-1-2-8-6(5-7)3-4-11-9(8)12/h3-7H,1-2H3,(H,12,14);1-5H,(H,11,12). The summed E-state index contributed by atoms with van der Waals surface area (Å²) in [7, 11) is 3.96. The maximum Gasteiger partial charge on any atom is 0.255 e. The van der Waals surface area contributed by atoms with Gasteiger partial charge in [0.2, 0.25) is 0 Å². The lowest BCUT2D eigenvalue weighted by Crippen LogP contribution is -2.09. The molecule has 2 aromatic heterocycles. The second-order valence-electron chi connectivity index (χ2n) is 6.01. The SMILES string of the molecule is CN(C)c1ccc2c(=O)[nH]ccc2c1.O=c1[nH]ccc2cc(F)ccc12. The third-order valence-corrected chi connectivity index (χ3v) is 4.01. The van der Waals surface area contributed by atoms with E-state index >= 15 is 0 Å². The second kappa shape index (κ2) is 7.23. The number of hydrogen-bond acceptors (Lipinski definition) is 3. The van der Waals surface area contributed by atoms with Gasteiger partial charge in [-0.25, -0.2) is 4.39 Å². The highest BCUT2D eigenvalue weighted by atomic mass is 19.1. The predicted octanol–water partition coefficient (Wildman–Crippen LogP) is 3.26. The van der Waals surface area contributed by atoms with E-state index in [-0.39, 0.29) is 16.9 Å². The van der Waals surface area contributed by atoms with Gasteiger partial charge in [-0.1, -0.05) is 0 Å². The van der Waals surface area contributed by atoms with Crippen LogP contribution in [0.5, 0.6) is 0 Å². The van der Waals surface area contributed by atoms with Crippen molar-refractivity contribution in [2.75, 3.05) is 19.0 Å². The van der Waals surface area contributed by atoms with Gasteiger partial charge >= 0.3 is 0 Å². The topological polar surface area (TPSA) is 69.0 Å². The Morgan fingerprint density at radius 3 is 1.88 bits per heavy atom. The minimum absolute atomic E-state index is 0.0344. The highest BCUT2D eigenvalue weighted by Gasteiger charge is 2.00. The minimum atomic E-state index is -0.326. The lowest BCUT2D eigenvalue weighted by atomic mass is 10.1. The lowest BCUT2D eigenvalue weighted by molar-refractivity contribution is 0.629. The third kappa shape index (κ3) is 3.64. The number of H-pyrrole nitrogens is 2. The summed E-state index contributed by atoms with van der Waals surface area (Å²) >= 11 is 0. The summed E-state index contributed by atoms with van der Waals surface area (Å²) < 4.78 is 12.7. The normalized spacial score (nSPS) is 10.4. The molecular weight excluding hydrogens is 333 g/mol. The largest absolute Gasteiger partial charge is 0.378 e. The van der Waals surface area contributed by atoms with Crippen molar-refractivity contribution in [3.8, 4) is 0 Å². The molecule has 2 aromatic carbocycles. The van der Waals surface area contributed by atoms with Crippen molar-refractivity contribution in [1.29, 1.82) is 0 Å². The first-order valence-electron chi connectivity index (χ1n) is 8.01. The van der Waals surface area contributed by atoms with Crippen LogP contribution in [0.4, 0.5) is 10.1 Å². The Bertz CT molecular complexity index is 1180. The first kappa shape index (κ1) is 17.4. The fraction of sp³-hybridized carbons (Fsp3) is 0.100. The summed E-state index contributed by atoms with van der Waals surface area (Å²) in [6, 6.07) is 13.5. The van der Waals surface area contributed by atoms with E-state index in [9.17, 15) is 14.0 Å². The van der Waals surface area contributed by atoms with Crippen LogP contribution in [-0.2, 0) is 0 Å². The molecule has 5 nitrogen and oxygen atoms in total. The average Bonchev–Trinajstić information content (AvgIpc) is 2.62. The van der Waals surface area contributed by atoms with Crippen molar-refractivity contribution in [2.24, 2.45) is 0 Å². The van der Waals surface area contributed by atoms with E-state index in [2.05, 4.69) is 9.97 Å². The van der Waals surface area contributed by atoms with Crippen molar-refractivity contribution in [3.63, 3.8) is 0 Å². The summed E-state index contributed by atoms with van der Waals surface area (Å²) in [5, 5.41) is 2.84. The van der Waals surface area contributed by atoms with Crippen molar-refractivity contribution >= 4 is 27.2 Å². The molecule has 0 aliphatic rings. The van der Waals surface area contributed by atoms with Gasteiger partial charge in [0.15, 0.2) is 0 Å². The molecule has 0 saturated heterocycles. The van der Waals surface area contributed by atoms with Gasteiger partial charge in [-0.2, -0.15) is 0 Å². The zero-order valence-corrected chi connectivity index (χ0v) is 14.4. The van der Waals surface area contributed by atoms with Crippen LogP contribution in [0.15, 0.2) is 70.5 Å². The highest BCUT2D eigenvalue weighted by molar-refractivity contribution is 5.84. The Kier molecular flexibility index (Phi) is 4.84. The maximum absolute atomic E-state index is 12.7. The Morgan fingerprint density at radius 2 is 1.31 bits per heavy atom. The van der Waals surface area contributed by atoms with Crippen LogP contribution < -0.4 is 16.0 Å². The van der Waals surface area contributed by atoms with Crippen LogP contribution >= 0.6 is 0 Å². The number of halogens is 1. The zero-order chi connectivity index (χ0) is 18.7. The number of hydrogen-bond donors (Lipinski definition) is 2. The average molecular weight is 351 g/mol. The van der Waals surface area contributed by atoms with Gasteiger partial charge in [0.25, 0.3) is 11.1 Å². The van der Waals surface area contributed by atoms with Crippen molar-refractivity contribution in [2.45, 2.75) is 0 Å². The molecule has 4 rings (SSSR count). The van der Waals surface area contributed by atoms with Gasteiger partial charge in [0.1, 0.15) is 5.82 Å². The molecule has 2 heterocycles. The van der Waals surface area contributed by atoms with E-state index in [1.54, 1.807) is 12.3 Å². The number of pyridine rings is 2. The smallest absolute Gasteiger partial charge is 0.255 e. The molecule has 0 bridgehead atoms. The molecule has 0 aliphatic carbocycles. The van der Waals surface area contributed by atoms with Gasteiger partial charge in [-0.15, -0.1) is 0 Å². The molecule has 26 heavy (non-hydrogen) atoms. The predicted molar refractivity (Wildman–Crippen MR) is 103 cm³/mol. The number of nitrogens with one attached hydrogen (secondary N) is 2. The summed E-state index contributed by atoms with van der Waals surface area (Å²) in [6.07, 6.45) is 3.17. The maximum atomic E-state index is 12.7. The van der Waals surface area contributed by atoms with Crippen LogP contribution in [0.25, 0.3) is 21.5 Å². The molecule has 0 atom stereocenters. The molecule has 0 aliphatic heterocycles. The number of fused-ring (bicyclic) bond motifs is 2. The Hall–Kier alpha value is -3.41. The van der Waals surface area contributed by atoms with E-state index in [1.807, 2.05) is 43.3 Å². The monoisotopic (exact) mass is 351 g/mol. The number of rotatable bonds is 1. The van der Waals surface area contributed by atoms with Crippen molar-refractivity contribution < 1.29 is 4.39 Å². The summed E-state index contributed by atoms with van der Waals surface area (Å²) in [6.45, 7) is 0. The van der Waals surface area contributed by atoms with E-state index in [0.717, 1.165) is 16.5 Å². The van der Waals surface area contributed by atoms with Crippen LogP contribution in [0, 0.1) is 5.82 Å². The molecule has 0 spiro atoms. The van der Waals surface area contributed by atoms with E-state index in [1.165, 1.54) is 24.4 Å². The molecule has 4 aromatic rings. The molecule has 0 unspecified atom stereocenters. The van der Waals surface area contributed by atoms with Gasteiger partial charge in [-0.05, 0) is 59.3 Å². The molecule has 0 radical (unpaired) electrons. The summed E-state index contributed by atoms with van der Waals surface area (Å²) in [5.41, 5.74) is 0.878. The quantitative estimate of drug-likeness (QED) is 0.553. The van der Waals surface area contributed by atoms with Crippen LogP contribution in [0.1, 0.15) is 0 Å². The molecular formula is C20H18FN3O2. The third-order valence-electron chi connectivity index (χ3n) is 4.01. The highest BCUT2D eigenvalue weighted by Crippen LogP contribution is 2.17. The Morgan fingerprint density at radius 1 is 0.769 bits per heavy atom. The van der Waals surface area contributed by atoms with Crippen molar-refractivity contribution in [3.05, 3.63) is 87.4 Å². The van der Waals surface area contributed by atoms with Gasteiger partial charge in [0.05, 0.1) is 0 Å². The fourth-order valence-corrected chi connectivity index (χ4v) is 2.62. The lowest BCUT2D eigenvalue weighted by Gasteiger charge is -2.12. The molecule has 0 saturated carbocycles. The first-order valence-corrected chi connectivity index (χ1v) is 8.01. The molecule has 0 amide bonds. The number of anilines is 1. The minimum Gasteiger partial charge on any atom is -0.378 e. The number of aromatic nitrogens is 2. The number of benzene rings is 2. The molecule has 6 heteroatoms. The van der Waals surface area contributed by atoms with Crippen LogP contribution in [0.2, 0.25) is 0 Å². The molecule has 132 valence electrons. The molecule has 0 fully saturated rings. The summed E-state index contributed by atoms with van der Waals surface area (Å²) in [5.74, 6) is -0.326. The zero-order valence-electron chi connectivity index (χ0n) is 14.4. The van der Waals surface area contributed by atoms with Crippen LogP contribution in [-0.4, -0.2) is 24.1 Å². The van der Waals surface area contributed by atoms with E-state index in [0.29, 0.717) is 10.8 Å². The molecule has 2 N–H and O–H groups in total. The second-order valence-corrected chi connectivity index (χ2v) is 6.01. The Labute approximate surface area is 148 Å². The van der Waals surface area contributed by atoms with Gasteiger partial charge in [0, 0.05) is 42.9 Å². The summed E-state index contributed by atoms with van der Waals surface area (Å²) in [4.78, 5) is 29.7. The van der Waals surface area contributed by atoms with Crippen molar-refractivity contribution in [1.82, 2.24) is 9.97 Å².